The number of benzene rings is 3. The lowest BCUT2D eigenvalue weighted by molar-refractivity contribution is -0.113. The highest BCUT2D eigenvalue weighted by atomic mass is 79.9. The van der Waals surface area contributed by atoms with E-state index in [-0.39, 0.29) is 5.91 Å². The predicted octanol–water partition coefficient (Wildman–Crippen LogP) is 7.62. The molecule has 7 nitrogen and oxygen atoms in total. The molecule has 0 spiro atoms. The molecule has 1 aliphatic heterocycles. The van der Waals surface area contributed by atoms with E-state index in [4.69, 9.17) is 26.4 Å². The highest BCUT2D eigenvalue weighted by Gasteiger charge is 2.36. The second-order valence-corrected chi connectivity index (χ2v) is 11.3. The molecule has 0 saturated carbocycles. The van der Waals surface area contributed by atoms with Gasteiger partial charge in [0.1, 0.15) is 11.8 Å². The molecule has 2 N–H and O–H groups in total. The Hall–Kier alpha value is -3.27. The van der Waals surface area contributed by atoms with Gasteiger partial charge in [-0.1, -0.05) is 69.6 Å². The number of fused-ring (bicyclic) bond motifs is 1. The normalized spacial score (nSPS) is 14.5. The maximum absolute atomic E-state index is 13.8. The molecule has 10 heteroatoms. The first kappa shape index (κ1) is 27.3. The van der Waals surface area contributed by atoms with Crippen molar-refractivity contribution >= 4 is 56.8 Å². The first-order valence-electron chi connectivity index (χ1n) is 12.4. The fraction of sp³-hybridized carbons (Fsp3) is 0.207. The second-order valence-electron chi connectivity index (χ2n) is 9.05. The molecule has 200 valence electrons. The van der Waals surface area contributed by atoms with Crippen molar-refractivity contribution < 1.29 is 9.53 Å². The van der Waals surface area contributed by atoms with E-state index in [2.05, 4.69) is 26.6 Å². The van der Waals surface area contributed by atoms with Crippen molar-refractivity contribution in [3.63, 3.8) is 0 Å². The number of amides is 1. The summed E-state index contributed by atoms with van der Waals surface area (Å²) in [6.07, 6.45) is 0. The van der Waals surface area contributed by atoms with Crippen molar-refractivity contribution in [1.82, 2.24) is 14.8 Å². The Labute approximate surface area is 245 Å². The number of nitrogens with one attached hydrogen (secondary N) is 2. The predicted molar refractivity (Wildman–Crippen MR) is 161 cm³/mol. The number of carbonyl (C=O) groups is 1. The van der Waals surface area contributed by atoms with Gasteiger partial charge in [-0.15, -0.1) is 5.10 Å². The summed E-state index contributed by atoms with van der Waals surface area (Å²) in [6, 6.07) is 20.7. The first-order chi connectivity index (χ1) is 18.8. The summed E-state index contributed by atoms with van der Waals surface area (Å²) < 4.78 is 8.63. The molecule has 4 aromatic rings. The minimum Gasteiger partial charge on any atom is -0.494 e. The third-order valence-electron chi connectivity index (χ3n) is 6.23. The van der Waals surface area contributed by atoms with Crippen molar-refractivity contribution in [3.05, 3.63) is 104 Å². The van der Waals surface area contributed by atoms with E-state index in [0.29, 0.717) is 45.5 Å². The van der Waals surface area contributed by atoms with Crippen molar-refractivity contribution in [1.29, 1.82) is 0 Å². The fourth-order valence-corrected chi connectivity index (χ4v) is 5.97. The van der Waals surface area contributed by atoms with E-state index < -0.39 is 6.04 Å². The highest BCUT2D eigenvalue weighted by Crippen LogP contribution is 2.41. The summed E-state index contributed by atoms with van der Waals surface area (Å²) in [6.45, 7) is 6.29. The molecule has 0 bridgehead atoms. The number of ether oxygens (including phenoxy) is 1. The van der Waals surface area contributed by atoms with Crippen molar-refractivity contribution in [3.8, 4) is 5.75 Å². The van der Waals surface area contributed by atoms with Crippen LogP contribution < -0.4 is 15.4 Å². The summed E-state index contributed by atoms with van der Waals surface area (Å²) in [5.74, 6) is 1.60. The molecule has 1 atom stereocenters. The Morgan fingerprint density at radius 3 is 2.74 bits per heavy atom. The number of hydrogen-bond donors (Lipinski definition) is 2. The minimum absolute atomic E-state index is 0.232. The maximum Gasteiger partial charge on any atom is 0.255 e. The van der Waals surface area contributed by atoms with Crippen LogP contribution in [-0.2, 0) is 10.5 Å². The zero-order chi connectivity index (χ0) is 27.5. The number of thioether (sulfide) groups is 1. The third kappa shape index (κ3) is 6.00. The quantitative estimate of drug-likeness (QED) is 0.196. The zero-order valence-electron chi connectivity index (χ0n) is 21.7. The van der Waals surface area contributed by atoms with Gasteiger partial charge in [-0.3, -0.25) is 4.79 Å². The monoisotopic (exact) mass is 623 g/mol. The van der Waals surface area contributed by atoms with Gasteiger partial charge < -0.3 is 15.4 Å². The van der Waals surface area contributed by atoms with Crippen LogP contribution in [-0.4, -0.2) is 27.3 Å². The number of nitrogens with zero attached hydrogens (tertiary/aromatic N) is 3. The Morgan fingerprint density at radius 2 is 1.97 bits per heavy atom. The van der Waals surface area contributed by atoms with Crippen LogP contribution in [0.3, 0.4) is 0 Å². The number of allylic oxidation sites excluding steroid dienone is 1. The molecule has 0 radical (unpaired) electrons. The topological polar surface area (TPSA) is 81.1 Å². The van der Waals surface area contributed by atoms with Gasteiger partial charge in [0.05, 0.1) is 12.2 Å². The minimum atomic E-state index is -0.577. The molecule has 1 unspecified atom stereocenters. The fourth-order valence-electron chi connectivity index (χ4n) is 4.47. The highest BCUT2D eigenvalue weighted by molar-refractivity contribution is 9.10. The van der Waals surface area contributed by atoms with Crippen LogP contribution in [0, 0.1) is 6.92 Å². The van der Waals surface area contributed by atoms with Crippen LogP contribution in [0.25, 0.3) is 0 Å². The molecule has 1 aromatic heterocycles. The average Bonchev–Trinajstić information content (AvgIpc) is 3.31. The van der Waals surface area contributed by atoms with Gasteiger partial charge in [-0.25, -0.2) is 4.68 Å². The molecular formula is C29H27BrClN5O2S. The van der Waals surface area contributed by atoms with E-state index >= 15 is 0 Å². The van der Waals surface area contributed by atoms with E-state index in [1.54, 1.807) is 4.68 Å². The molecule has 1 amide bonds. The van der Waals surface area contributed by atoms with Crippen LogP contribution in [0.5, 0.6) is 5.75 Å². The van der Waals surface area contributed by atoms with E-state index in [0.717, 1.165) is 26.9 Å². The first-order valence-corrected chi connectivity index (χ1v) is 14.6. The summed E-state index contributed by atoms with van der Waals surface area (Å²) in [5, 5.41) is 12.5. The van der Waals surface area contributed by atoms with Crippen LogP contribution in [0.1, 0.15) is 36.6 Å². The SMILES string of the molecule is CCOc1ccc(Br)cc1C1C(C(=O)Nc2cccc(C)c2)=C(C)Nc2nc(SCc3ccccc3Cl)nn21. The van der Waals surface area contributed by atoms with Gasteiger partial charge in [-0.2, -0.15) is 4.98 Å². The number of aryl methyl sites for hydroxylation is 1. The van der Waals surface area contributed by atoms with Crippen LogP contribution >= 0.6 is 39.3 Å². The zero-order valence-corrected chi connectivity index (χ0v) is 24.8. The Bertz CT molecular complexity index is 1570. The smallest absolute Gasteiger partial charge is 0.255 e. The lowest BCUT2D eigenvalue weighted by atomic mass is 9.94. The molecule has 2 heterocycles. The molecule has 0 saturated heterocycles. The number of halogens is 2. The van der Waals surface area contributed by atoms with Crippen molar-refractivity contribution in [2.75, 3.05) is 17.2 Å². The number of anilines is 2. The number of carbonyl (C=O) groups excluding carboxylic acids is 1. The average molecular weight is 625 g/mol. The summed E-state index contributed by atoms with van der Waals surface area (Å²) in [7, 11) is 0. The molecule has 3 aromatic carbocycles. The van der Waals surface area contributed by atoms with Crippen molar-refractivity contribution in [2.24, 2.45) is 0 Å². The largest absolute Gasteiger partial charge is 0.494 e. The van der Waals surface area contributed by atoms with Gasteiger partial charge in [0.2, 0.25) is 11.1 Å². The standard InChI is InChI=1S/C29H27BrClN5O2S/c1-4-38-24-13-12-20(30)15-22(24)26-25(27(37)33-21-10-7-8-17(2)14-21)18(3)32-28-34-29(35-36(26)28)39-16-19-9-5-6-11-23(19)31/h5-15,26H,4,16H2,1-3H3,(H,33,37)(H,32,34,35). The van der Waals surface area contributed by atoms with E-state index in [9.17, 15) is 4.79 Å². The van der Waals surface area contributed by atoms with Crippen molar-refractivity contribution in [2.45, 2.75) is 37.7 Å². The molecule has 0 aliphatic carbocycles. The summed E-state index contributed by atoms with van der Waals surface area (Å²) in [4.78, 5) is 18.6. The molecular weight excluding hydrogens is 598 g/mol. The van der Waals surface area contributed by atoms with Gasteiger partial charge >= 0.3 is 0 Å². The summed E-state index contributed by atoms with van der Waals surface area (Å²) >= 11 is 11.4. The van der Waals surface area contributed by atoms with E-state index in [1.165, 1.54) is 11.8 Å². The van der Waals surface area contributed by atoms with Gasteiger partial charge in [0.25, 0.3) is 5.91 Å². The number of hydrogen-bond acceptors (Lipinski definition) is 6. The number of rotatable bonds is 8. The Kier molecular flexibility index (Phi) is 8.30. The van der Waals surface area contributed by atoms with Gasteiger partial charge in [0.15, 0.2) is 0 Å². The second kappa shape index (κ2) is 11.9. The van der Waals surface area contributed by atoms with Gasteiger partial charge in [0, 0.05) is 32.2 Å². The lowest BCUT2D eigenvalue weighted by Gasteiger charge is -2.29. The molecule has 0 fully saturated rings. The van der Waals surface area contributed by atoms with E-state index in [1.807, 2.05) is 87.5 Å². The number of aromatic nitrogens is 3. The van der Waals surface area contributed by atoms with Crippen LogP contribution in [0.15, 0.2) is 87.6 Å². The van der Waals surface area contributed by atoms with Gasteiger partial charge in [-0.05, 0) is 68.3 Å². The summed E-state index contributed by atoms with van der Waals surface area (Å²) in [5.41, 5.74) is 4.79. The van der Waals surface area contributed by atoms with Crippen LogP contribution in [0.2, 0.25) is 5.02 Å². The third-order valence-corrected chi connectivity index (χ3v) is 7.98. The Balaban J connectivity index is 1.56. The Morgan fingerprint density at radius 1 is 1.15 bits per heavy atom. The molecule has 5 rings (SSSR count). The maximum atomic E-state index is 13.8. The lowest BCUT2D eigenvalue weighted by Crippen LogP contribution is -2.31. The molecule has 1 aliphatic rings. The van der Waals surface area contributed by atoms with Crippen LogP contribution in [0.4, 0.5) is 11.6 Å². The molecule has 39 heavy (non-hydrogen) atoms.